The van der Waals surface area contributed by atoms with Crippen LogP contribution < -0.4 is 0 Å². The summed E-state index contributed by atoms with van der Waals surface area (Å²) in [5.41, 5.74) is 6.87. The monoisotopic (exact) mass is 442 g/mol. The fourth-order valence-corrected chi connectivity index (χ4v) is 5.15. The quantitative estimate of drug-likeness (QED) is 0.347. The van der Waals surface area contributed by atoms with E-state index in [1.807, 2.05) is 32.0 Å². The summed E-state index contributed by atoms with van der Waals surface area (Å²) in [7, 11) is 0. The third-order valence-electron chi connectivity index (χ3n) is 6.63. The maximum absolute atomic E-state index is 13.9. The molecule has 4 aromatic rings. The lowest BCUT2D eigenvalue weighted by atomic mass is 9.85. The molecule has 1 atom stereocenters. The molecule has 1 aliphatic rings. The second-order valence-corrected chi connectivity index (χ2v) is 8.84. The number of halogens is 2. The number of benzene rings is 4. The molecule has 0 aliphatic heterocycles. The molecular formula is C29H24F2O2. The molecule has 33 heavy (non-hydrogen) atoms. The number of hydrogen-bond donors (Lipinski definition) is 2. The standard InChI is InChI=1S/C29H24F2O2/c1-16-11-24(18-5-3-7-20(30)14-18)28(32)26(12-16)23-10-9-22-17(2)13-25(29(33)27(22)23)19-6-4-8-21(31)15-19/h3-8,11-15,23,32-33H,9-10H2,1-2H3. The molecule has 0 saturated carbocycles. The van der Waals surface area contributed by atoms with Gasteiger partial charge in [0, 0.05) is 28.2 Å². The van der Waals surface area contributed by atoms with E-state index in [0.29, 0.717) is 27.8 Å². The summed E-state index contributed by atoms with van der Waals surface area (Å²) in [6, 6.07) is 18.1. The number of phenols is 2. The molecule has 4 aromatic carbocycles. The maximum atomic E-state index is 13.9. The van der Waals surface area contributed by atoms with Gasteiger partial charge in [0.15, 0.2) is 0 Å². The lowest BCUT2D eigenvalue weighted by Gasteiger charge is -2.21. The number of fused-ring (bicyclic) bond motifs is 1. The van der Waals surface area contributed by atoms with Crippen molar-refractivity contribution in [3.63, 3.8) is 0 Å². The number of phenolic OH excluding ortho intramolecular Hbond substituents is 2. The summed E-state index contributed by atoms with van der Waals surface area (Å²) in [5, 5.41) is 22.6. The number of rotatable bonds is 3. The van der Waals surface area contributed by atoms with E-state index < -0.39 is 0 Å². The topological polar surface area (TPSA) is 40.5 Å². The van der Waals surface area contributed by atoms with Crippen LogP contribution in [0.1, 0.15) is 40.2 Å². The van der Waals surface area contributed by atoms with Crippen molar-refractivity contribution in [3.05, 3.63) is 106 Å². The second kappa shape index (κ2) is 8.04. The van der Waals surface area contributed by atoms with Crippen LogP contribution in [0.3, 0.4) is 0 Å². The van der Waals surface area contributed by atoms with Crippen LogP contribution in [-0.2, 0) is 6.42 Å². The Balaban J connectivity index is 1.69. The molecule has 0 heterocycles. The van der Waals surface area contributed by atoms with Crippen LogP contribution in [0.15, 0.2) is 66.7 Å². The van der Waals surface area contributed by atoms with Crippen LogP contribution in [0.25, 0.3) is 22.3 Å². The van der Waals surface area contributed by atoms with Crippen molar-refractivity contribution in [2.75, 3.05) is 0 Å². The molecule has 0 radical (unpaired) electrons. The molecule has 0 bridgehead atoms. The summed E-state index contributed by atoms with van der Waals surface area (Å²) in [5.74, 6) is -0.736. The highest BCUT2D eigenvalue weighted by atomic mass is 19.1. The highest BCUT2D eigenvalue weighted by Crippen LogP contribution is 2.51. The van der Waals surface area contributed by atoms with Crippen molar-refractivity contribution in [2.24, 2.45) is 0 Å². The Morgan fingerprint density at radius 3 is 1.97 bits per heavy atom. The minimum absolute atomic E-state index is 0.0947. The fraction of sp³-hybridized carbons (Fsp3) is 0.172. The van der Waals surface area contributed by atoms with Gasteiger partial charge in [0.1, 0.15) is 23.1 Å². The van der Waals surface area contributed by atoms with E-state index in [2.05, 4.69) is 0 Å². The molecular weight excluding hydrogens is 418 g/mol. The zero-order valence-electron chi connectivity index (χ0n) is 18.5. The minimum Gasteiger partial charge on any atom is -0.507 e. The van der Waals surface area contributed by atoms with Crippen LogP contribution in [0.5, 0.6) is 11.5 Å². The van der Waals surface area contributed by atoms with Gasteiger partial charge in [-0.2, -0.15) is 0 Å². The van der Waals surface area contributed by atoms with E-state index in [0.717, 1.165) is 35.1 Å². The molecule has 0 amide bonds. The van der Waals surface area contributed by atoms with E-state index >= 15 is 0 Å². The van der Waals surface area contributed by atoms with Crippen molar-refractivity contribution in [3.8, 4) is 33.8 Å². The van der Waals surface area contributed by atoms with Crippen molar-refractivity contribution in [1.29, 1.82) is 0 Å². The van der Waals surface area contributed by atoms with E-state index in [4.69, 9.17) is 0 Å². The lowest BCUT2D eigenvalue weighted by Crippen LogP contribution is -2.01. The number of aromatic hydroxyl groups is 2. The zero-order valence-corrected chi connectivity index (χ0v) is 18.5. The Bertz CT molecular complexity index is 1390. The summed E-state index contributed by atoms with van der Waals surface area (Å²) in [6.45, 7) is 3.94. The average molecular weight is 443 g/mol. The van der Waals surface area contributed by atoms with Gasteiger partial charge in [-0.1, -0.05) is 30.3 Å². The van der Waals surface area contributed by atoms with Gasteiger partial charge in [0.25, 0.3) is 0 Å². The number of aryl methyl sites for hydroxylation is 2. The van der Waals surface area contributed by atoms with Crippen molar-refractivity contribution in [2.45, 2.75) is 32.6 Å². The normalized spacial score (nSPS) is 15.0. The van der Waals surface area contributed by atoms with Crippen LogP contribution in [0.2, 0.25) is 0 Å². The van der Waals surface area contributed by atoms with Gasteiger partial charge in [-0.05, 0) is 90.9 Å². The summed E-state index contributed by atoms with van der Waals surface area (Å²) >= 11 is 0. The molecule has 166 valence electrons. The van der Waals surface area contributed by atoms with Gasteiger partial charge in [-0.25, -0.2) is 8.78 Å². The largest absolute Gasteiger partial charge is 0.507 e. The van der Waals surface area contributed by atoms with Crippen LogP contribution >= 0.6 is 0 Å². The van der Waals surface area contributed by atoms with Crippen molar-refractivity contribution < 1.29 is 19.0 Å². The van der Waals surface area contributed by atoms with Gasteiger partial charge < -0.3 is 10.2 Å². The zero-order chi connectivity index (χ0) is 23.3. The third kappa shape index (κ3) is 3.66. The van der Waals surface area contributed by atoms with Gasteiger partial charge in [0.2, 0.25) is 0 Å². The minimum atomic E-state index is -0.367. The van der Waals surface area contributed by atoms with Gasteiger partial charge in [-0.3, -0.25) is 0 Å². The Kier molecular flexibility index (Phi) is 5.16. The number of hydrogen-bond acceptors (Lipinski definition) is 2. The highest BCUT2D eigenvalue weighted by Gasteiger charge is 2.32. The Labute approximate surface area is 191 Å². The molecule has 0 aromatic heterocycles. The highest BCUT2D eigenvalue weighted by molar-refractivity contribution is 5.78. The average Bonchev–Trinajstić information content (AvgIpc) is 3.23. The van der Waals surface area contributed by atoms with E-state index in [1.165, 1.54) is 24.3 Å². The second-order valence-electron chi connectivity index (χ2n) is 8.84. The summed E-state index contributed by atoms with van der Waals surface area (Å²) < 4.78 is 27.8. The van der Waals surface area contributed by atoms with Crippen LogP contribution in [0, 0.1) is 25.5 Å². The van der Waals surface area contributed by atoms with E-state index in [9.17, 15) is 19.0 Å². The third-order valence-corrected chi connectivity index (χ3v) is 6.63. The predicted octanol–water partition coefficient (Wildman–Crippen LogP) is 7.40. The Hall–Kier alpha value is -3.66. The first-order valence-electron chi connectivity index (χ1n) is 11.0. The first-order valence-corrected chi connectivity index (χ1v) is 11.0. The van der Waals surface area contributed by atoms with Crippen molar-refractivity contribution in [1.82, 2.24) is 0 Å². The van der Waals surface area contributed by atoms with Gasteiger partial charge >= 0.3 is 0 Å². The van der Waals surface area contributed by atoms with Crippen molar-refractivity contribution >= 4 is 0 Å². The molecule has 5 rings (SSSR count). The summed E-state index contributed by atoms with van der Waals surface area (Å²) in [4.78, 5) is 0. The summed E-state index contributed by atoms with van der Waals surface area (Å²) in [6.07, 6.45) is 1.50. The SMILES string of the molecule is Cc1cc(-c2cccc(F)c2)c(O)c(C2CCc3c(C)cc(-c4cccc(F)c4)c(O)c32)c1. The van der Waals surface area contributed by atoms with Gasteiger partial charge in [-0.15, -0.1) is 0 Å². The molecule has 2 N–H and O–H groups in total. The Morgan fingerprint density at radius 1 is 0.758 bits per heavy atom. The van der Waals surface area contributed by atoms with Crippen LogP contribution in [-0.4, -0.2) is 10.2 Å². The van der Waals surface area contributed by atoms with E-state index in [1.54, 1.807) is 24.3 Å². The van der Waals surface area contributed by atoms with Crippen LogP contribution in [0.4, 0.5) is 8.78 Å². The van der Waals surface area contributed by atoms with Gasteiger partial charge in [0.05, 0.1) is 0 Å². The smallest absolute Gasteiger partial charge is 0.127 e. The maximum Gasteiger partial charge on any atom is 0.127 e. The molecule has 1 aliphatic carbocycles. The Morgan fingerprint density at radius 2 is 1.36 bits per heavy atom. The molecule has 4 heteroatoms. The first-order chi connectivity index (χ1) is 15.8. The predicted molar refractivity (Wildman–Crippen MR) is 127 cm³/mol. The fourth-order valence-electron chi connectivity index (χ4n) is 5.15. The lowest BCUT2D eigenvalue weighted by molar-refractivity contribution is 0.457. The first kappa shape index (κ1) is 21.2. The molecule has 1 unspecified atom stereocenters. The molecule has 0 saturated heterocycles. The molecule has 2 nitrogen and oxygen atoms in total. The van der Waals surface area contributed by atoms with E-state index in [-0.39, 0.29) is 29.1 Å². The molecule has 0 fully saturated rings. The molecule has 0 spiro atoms.